The van der Waals surface area contributed by atoms with Crippen molar-refractivity contribution in [3.63, 3.8) is 0 Å². The molecule has 0 saturated carbocycles. The Morgan fingerprint density at radius 3 is 2.81 bits per heavy atom. The molecule has 2 aromatic heterocycles. The van der Waals surface area contributed by atoms with Gasteiger partial charge in [-0.1, -0.05) is 11.2 Å². The lowest BCUT2D eigenvalue weighted by molar-refractivity contribution is 0.0272. The molecule has 1 fully saturated rings. The number of carbonyl (C=O) groups is 1. The van der Waals surface area contributed by atoms with Crippen molar-refractivity contribution in [1.29, 1.82) is 5.26 Å². The lowest BCUT2D eigenvalue weighted by Gasteiger charge is -2.25. The van der Waals surface area contributed by atoms with Crippen LogP contribution in [0.3, 0.4) is 0 Å². The number of ether oxygens (including phenoxy) is 1. The van der Waals surface area contributed by atoms with Crippen LogP contribution in [0, 0.1) is 18.3 Å². The predicted octanol–water partition coefficient (Wildman–Crippen LogP) is 2.25. The lowest BCUT2D eigenvalue weighted by Crippen LogP contribution is -2.40. The quantitative estimate of drug-likeness (QED) is 0.613. The Labute approximate surface area is 182 Å². The van der Waals surface area contributed by atoms with Crippen LogP contribution in [-0.2, 0) is 14.8 Å². The standard InChI is InChI=1S/C19H17N5O5S2/c1-12-16(31(26,27)23-14-4-2-3-13(9-14)11-20)10-15(30-12)17-21-18(29-22-17)19(25)24-5-7-28-8-6-24/h2-4,9-10,23H,5-8H2,1H3. The molecule has 160 valence electrons. The molecule has 0 spiro atoms. The van der Waals surface area contributed by atoms with Crippen molar-refractivity contribution in [2.24, 2.45) is 0 Å². The monoisotopic (exact) mass is 459 g/mol. The van der Waals surface area contributed by atoms with Crippen molar-refractivity contribution in [1.82, 2.24) is 15.0 Å². The first-order chi connectivity index (χ1) is 14.9. The SMILES string of the molecule is Cc1sc(-c2noc(C(=O)N3CCOCC3)n2)cc1S(=O)(=O)Nc1cccc(C#N)c1. The topological polar surface area (TPSA) is 138 Å². The molecule has 1 N–H and O–H groups in total. The summed E-state index contributed by atoms with van der Waals surface area (Å²) in [6, 6.07) is 9.58. The van der Waals surface area contributed by atoms with Crippen LogP contribution in [0.1, 0.15) is 21.1 Å². The third-order valence-electron chi connectivity index (χ3n) is 4.53. The Morgan fingerprint density at radius 2 is 2.06 bits per heavy atom. The van der Waals surface area contributed by atoms with Crippen LogP contribution in [0.15, 0.2) is 39.8 Å². The average molecular weight is 460 g/mol. The maximum absolute atomic E-state index is 12.9. The van der Waals surface area contributed by atoms with Gasteiger partial charge in [0.1, 0.15) is 4.90 Å². The lowest BCUT2D eigenvalue weighted by atomic mass is 10.2. The first kappa shape index (κ1) is 21.0. The first-order valence-corrected chi connectivity index (χ1v) is 11.5. The zero-order valence-electron chi connectivity index (χ0n) is 16.4. The third kappa shape index (κ3) is 4.43. The number of aryl methyl sites for hydroxylation is 1. The molecule has 1 aromatic carbocycles. The molecule has 1 saturated heterocycles. The molecule has 1 aliphatic heterocycles. The second kappa shape index (κ2) is 8.46. The first-order valence-electron chi connectivity index (χ1n) is 9.22. The van der Waals surface area contributed by atoms with E-state index in [4.69, 9.17) is 14.5 Å². The molecule has 1 aliphatic rings. The van der Waals surface area contributed by atoms with Gasteiger partial charge < -0.3 is 14.2 Å². The smallest absolute Gasteiger partial charge is 0.316 e. The van der Waals surface area contributed by atoms with Crippen LogP contribution < -0.4 is 4.72 Å². The Morgan fingerprint density at radius 1 is 1.29 bits per heavy atom. The van der Waals surface area contributed by atoms with Gasteiger partial charge >= 0.3 is 11.8 Å². The Balaban J connectivity index is 1.57. The summed E-state index contributed by atoms with van der Waals surface area (Å²) in [6.45, 7) is 3.43. The van der Waals surface area contributed by atoms with E-state index in [1.165, 1.54) is 23.5 Å². The van der Waals surface area contributed by atoms with Crippen molar-refractivity contribution in [3.8, 4) is 16.8 Å². The average Bonchev–Trinajstić information content (AvgIpc) is 3.41. The van der Waals surface area contributed by atoms with Crippen molar-refractivity contribution in [2.75, 3.05) is 31.0 Å². The highest BCUT2D eigenvalue weighted by molar-refractivity contribution is 7.93. The van der Waals surface area contributed by atoms with Gasteiger partial charge in [0.25, 0.3) is 10.0 Å². The molecular formula is C19H17N5O5S2. The summed E-state index contributed by atoms with van der Waals surface area (Å²) in [6.07, 6.45) is 0. The molecule has 0 bridgehead atoms. The largest absolute Gasteiger partial charge is 0.378 e. The summed E-state index contributed by atoms with van der Waals surface area (Å²) in [4.78, 5) is 19.2. The van der Waals surface area contributed by atoms with Crippen LogP contribution in [-0.4, -0.2) is 55.7 Å². The van der Waals surface area contributed by atoms with Gasteiger partial charge in [-0.25, -0.2) is 8.42 Å². The fraction of sp³-hybridized carbons (Fsp3) is 0.263. The van der Waals surface area contributed by atoms with E-state index in [1.54, 1.807) is 30.0 Å². The zero-order valence-corrected chi connectivity index (χ0v) is 18.0. The number of sulfonamides is 1. The van der Waals surface area contributed by atoms with E-state index in [9.17, 15) is 13.2 Å². The van der Waals surface area contributed by atoms with Crippen molar-refractivity contribution < 1.29 is 22.5 Å². The molecule has 1 amide bonds. The van der Waals surface area contributed by atoms with E-state index in [2.05, 4.69) is 14.9 Å². The molecule has 0 atom stereocenters. The van der Waals surface area contributed by atoms with Crippen LogP contribution in [0.2, 0.25) is 0 Å². The third-order valence-corrected chi connectivity index (χ3v) is 7.22. The number of nitrogens with one attached hydrogen (secondary N) is 1. The number of morpholine rings is 1. The van der Waals surface area contributed by atoms with Crippen molar-refractivity contribution in [3.05, 3.63) is 46.7 Å². The van der Waals surface area contributed by atoms with E-state index in [-0.39, 0.29) is 28.2 Å². The van der Waals surface area contributed by atoms with Crippen LogP contribution >= 0.6 is 11.3 Å². The molecule has 0 unspecified atom stereocenters. The van der Waals surface area contributed by atoms with Gasteiger partial charge in [-0.3, -0.25) is 9.52 Å². The molecule has 31 heavy (non-hydrogen) atoms. The zero-order chi connectivity index (χ0) is 22.0. The number of amides is 1. The van der Waals surface area contributed by atoms with E-state index in [0.717, 1.165) is 0 Å². The highest BCUT2D eigenvalue weighted by Gasteiger charge is 2.26. The number of rotatable bonds is 5. The van der Waals surface area contributed by atoms with Crippen LogP contribution in [0.25, 0.3) is 10.7 Å². The van der Waals surface area contributed by atoms with Crippen LogP contribution in [0.5, 0.6) is 0 Å². The summed E-state index contributed by atoms with van der Waals surface area (Å²) < 4.78 is 38.5. The van der Waals surface area contributed by atoms with Gasteiger partial charge in [0.05, 0.1) is 35.4 Å². The summed E-state index contributed by atoms with van der Waals surface area (Å²) in [7, 11) is -3.91. The molecule has 4 rings (SSSR count). The number of anilines is 1. The van der Waals surface area contributed by atoms with E-state index >= 15 is 0 Å². The van der Waals surface area contributed by atoms with Gasteiger partial charge in [-0.15, -0.1) is 11.3 Å². The predicted molar refractivity (Wildman–Crippen MR) is 111 cm³/mol. The minimum atomic E-state index is -3.91. The number of benzene rings is 1. The summed E-state index contributed by atoms with van der Waals surface area (Å²) in [5.41, 5.74) is 0.622. The molecule has 0 aliphatic carbocycles. The molecule has 3 aromatic rings. The number of thiophene rings is 1. The summed E-state index contributed by atoms with van der Waals surface area (Å²) in [5.74, 6) is -0.404. The second-order valence-electron chi connectivity index (χ2n) is 6.66. The Kier molecular flexibility index (Phi) is 5.73. The number of hydrogen-bond acceptors (Lipinski definition) is 9. The normalized spacial score (nSPS) is 14.3. The van der Waals surface area contributed by atoms with Crippen LogP contribution in [0.4, 0.5) is 5.69 Å². The van der Waals surface area contributed by atoms with Gasteiger partial charge in [0, 0.05) is 18.0 Å². The Hall–Kier alpha value is -3.27. The molecule has 0 radical (unpaired) electrons. The minimum Gasteiger partial charge on any atom is -0.378 e. The van der Waals surface area contributed by atoms with E-state index in [0.29, 0.717) is 41.6 Å². The summed E-state index contributed by atoms with van der Waals surface area (Å²) in [5, 5.41) is 12.8. The Bertz CT molecular complexity index is 1270. The summed E-state index contributed by atoms with van der Waals surface area (Å²) >= 11 is 1.17. The number of carbonyl (C=O) groups excluding carboxylic acids is 1. The highest BCUT2D eigenvalue weighted by Crippen LogP contribution is 2.33. The van der Waals surface area contributed by atoms with Gasteiger partial charge in [0.2, 0.25) is 5.82 Å². The number of hydrogen-bond donors (Lipinski definition) is 1. The van der Waals surface area contributed by atoms with E-state index < -0.39 is 10.0 Å². The van der Waals surface area contributed by atoms with Gasteiger partial charge in [-0.2, -0.15) is 10.2 Å². The fourth-order valence-corrected chi connectivity index (χ4v) is 5.58. The highest BCUT2D eigenvalue weighted by atomic mass is 32.2. The number of nitrogens with zero attached hydrogens (tertiary/aromatic N) is 4. The minimum absolute atomic E-state index is 0.0562. The molecule has 3 heterocycles. The molecule has 12 heteroatoms. The van der Waals surface area contributed by atoms with Crippen molar-refractivity contribution in [2.45, 2.75) is 11.8 Å². The van der Waals surface area contributed by atoms with E-state index in [1.807, 2.05) is 6.07 Å². The molecule has 10 nitrogen and oxygen atoms in total. The van der Waals surface area contributed by atoms with Gasteiger partial charge in [-0.05, 0) is 31.2 Å². The van der Waals surface area contributed by atoms with Gasteiger partial charge in [0.15, 0.2) is 0 Å². The maximum Gasteiger partial charge on any atom is 0.316 e. The maximum atomic E-state index is 12.9. The number of aromatic nitrogens is 2. The van der Waals surface area contributed by atoms with Crippen molar-refractivity contribution >= 4 is 33.0 Å². The fourth-order valence-electron chi connectivity index (χ4n) is 3.02. The molecular weight excluding hydrogens is 442 g/mol. The number of nitriles is 1. The second-order valence-corrected chi connectivity index (χ2v) is 9.56.